The molecule has 0 amide bonds. The number of carbonyl (C=O) groups is 1. The van der Waals surface area contributed by atoms with Gasteiger partial charge in [-0.2, -0.15) is 0 Å². The third-order valence-corrected chi connectivity index (χ3v) is 5.67. The van der Waals surface area contributed by atoms with Crippen LogP contribution in [-0.4, -0.2) is 23.2 Å². The fourth-order valence-electron chi connectivity index (χ4n) is 2.13. The van der Waals surface area contributed by atoms with E-state index in [1.54, 1.807) is 19.3 Å². The van der Waals surface area contributed by atoms with Gasteiger partial charge in [-0.3, -0.25) is 0 Å². The Morgan fingerprint density at radius 3 is 2.56 bits per heavy atom. The first-order chi connectivity index (χ1) is 12.0. The summed E-state index contributed by atoms with van der Waals surface area (Å²) in [5.41, 5.74) is 2.10. The molecular weight excluding hydrogens is 568 g/mol. The number of benzene rings is 2. The molecule has 1 N–H and O–H groups in total. The van der Waals surface area contributed by atoms with Crippen LogP contribution in [0.5, 0.6) is 5.75 Å². The van der Waals surface area contributed by atoms with E-state index in [1.807, 2.05) is 30.3 Å². The Kier molecular flexibility index (Phi) is 5.89. The standard InChI is InChI=1S/C17H11I2NO4S/c1-23-15-10(18)6-9(7-11(15)19)8-14(16(21)22)25-17-20-12-4-2-3-5-13(12)24-17/h2-8H,1H3,(H,21,22)/b14-8-. The Morgan fingerprint density at radius 1 is 1.28 bits per heavy atom. The number of hydrogen-bond acceptors (Lipinski definition) is 5. The molecular formula is C17H11I2NO4S. The minimum Gasteiger partial charge on any atom is -0.495 e. The lowest BCUT2D eigenvalue weighted by Crippen LogP contribution is -1.97. The summed E-state index contributed by atoms with van der Waals surface area (Å²) in [4.78, 5) is 16.1. The largest absolute Gasteiger partial charge is 0.495 e. The highest BCUT2D eigenvalue weighted by atomic mass is 127. The summed E-state index contributed by atoms with van der Waals surface area (Å²) in [5.74, 6) is -0.255. The fourth-order valence-corrected chi connectivity index (χ4v) is 5.14. The molecule has 25 heavy (non-hydrogen) atoms. The number of oxazole rings is 1. The van der Waals surface area contributed by atoms with Gasteiger partial charge >= 0.3 is 5.97 Å². The van der Waals surface area contributed by atoms with Crippen molar-refractivity contribution >= 4 is 80.1 Å². The van der Waals surface area contributed by atoms with Crippen molar-refractivity contribution in [3.05, 3.63) is 54.0 Å². The molecule has 0 aliphatic carbocycles. The van der Waals surface area contributed by atoms with Crippen LogP contribution in [0.2, 0.25) is 0 Å². The van der Waals surface area contributed by atoms with Crippen LogP contribution in [-0.2, 0) is 4.79 Å². The van der Waals surface area contributed by atoms with Crippen LogP contribution in [0.25, 0.3) is 17.2 Å². The fraction of sp³-hybridized carbons (Fsp3) is 0.0588. The number of carboxylic acids is 1. The number of aliphatic carboxylic acids is 1. The summed E-state index contributed by atoms with van der Waals surface area (Å²) in [6, 6.07) is 11.1. The van der Waals surface area contributed by atoms with E-state index in [-0.39, 0.29) is 4.91 Å². The lowest BCUT2D eigenvalue weighted by molar-refractivity contribution is -0.131. The number of aromatic nitrogens is 1. The van der Waals surface area contributed by atoms with E-state index < -0.39 is 5.97 Å². The average Bonchev–Trinajstić information content (AvgIpc) is 2.96. The van der Waals surface area contributed by atoms with Gasteiger partial charge in [-0.25, -0.2) is 9.78 Å². The van der Waals surface area contributed by atoms with E-state index >= 15 is 0 Å². The summed E-state index contributed by atoms with van der Waals surface area (Å²) in [6.07, 6.45) is 1.60. The maximum Gasteiger partial charge on any atom is 0.342 e. The predicted octanol–water partition coefficient (Wildman–Crippen LogP) is 5.26. The van der Waals surface area contributed by atoms with E-state index in [2.05, 4.69) is 50.2 Å². The zero-order chi connectivity index (χ0) is 18.0. The molecule has 1 aromatic heterocycles. The SMILES string of the molecule is COc1c(I)cc(/C=C(\Sc2nc3ccccc3o2)C(=O)O)cc1I. The van der Waals surface area contributed by atoms with Gasteiger partial charge in [-0.05, 0) is 92.8 Å². The number of para-hydroxylation sites is 2. The van der Waals surface area contributed by atoms with Gasteiger partial charge in [0.05, 0.1) is 14.3 Å². The van der Waals surface area contributed by atoms with E-state index in [4.69, 9.17) is 9.15 Å². The van der Waals surface area contributed by atoms with E-state index in [9.17, 15) is 9.90 Å². The number of hydrogen-bond donors (Lipinski definition) is 1. The van der Waals surface area contributed by atoms with Gasteiger partial charge in [0, 0.05) is 0 Å². The summed E-state index contributed by atoms with van der Waals surface area (Å²) in [7, 11) is 1.61. The number of rotatable bonds is 5. The Bertz CT molecular complexity index is 928. The van der Waals surface area contributed by atoms with Gasteiger partial charge in [-0.15, -0.1) is 0 Å². The Morgan fingerprint density at radius 2 is 1.96 bits per heavy atom. The molecule has 0 saturated heterocycles. The molecule has 0 aliphatic heterocycles. The molecule has 2 aromatic carbocycles. The van der Waals surface area contributed by atoms with Gasteiger partial charge < -0.3 is 14.3 Å². The van der Waals surface area contributed by atoms with Crippen molar-refractivity contribution in [2.75, 3.05) is 7.11 Å². The number of ether oxygens (including phenoxy) is 1. The number of thioether (sulfide) groups is 1. The summed E-state index contributed by atoms with van der Waals surface area (Å²) in [5, 5.41) is 9.82. The molecule has 0 aliphatic rings. The lowest BCUT2D eigenvalue weighted by Gasteiger charge is -2.08. The number of fused-ring (bicyclic) bond motifs is 1. The number of methoxy groups -OCH3 is 1. The first-order valence-electron chi connectivity index (χ1n) is 6.99. The van der Waals surface area contributed by atoms with Crippen molar-refractivity contribution < 1.29 is 19.1 Å². The van der Waals surface area contributed by atoms with Crippen LogP contribution in [0.15, 0.2) is 50.9 Å². The maximum atomic E-state index is 11.6. The quantitative estimate of drug-likeness (QED) is 0.253. The van der Waals surface area contributed by atoms with Crippen molar-refractivity contribution in [1.82, 2.24) is 4.98 Å². The highest BCUT2D eigenvalue weighted by Gasteiger charge is 2.16. The van der Waals surface area contributed by atoms with Crippen LogP contribution < -0.4 is 4.74 Å². The first kappa shape index (κ1) is 18.5. The molecule has 8 heteroatoms. The lowest BCUT2D eigenvalue weighted by atomic mass is 10.2. The summed E-state index contributed by atoms with van der Waals surface area (Å²) < 4.78 is 12.7. The van der Waals surface area contributed by atoms with Gasteiger partial charge in [0.1, 0.15) is 16.2 Å². The second-order valence-electron chi connectivity index (χ2n) is 4.88. The Balaban J connectivity index is 1.95. The molecule has 0 atom stereocenters. The molecule has 0 unspecified atom stereocenters. The van der Waals surface area contributed by atoms with Gasteiger partial charge in [0.25, 0.3) is 5.22 Å². The van der Waals surface area contributed by atoms with Crippen molar-refractivity contribution in [2.45, 2.75) is 5.22 Å². The normalized spacial score (nSPS) is 11.7. The van der Waals surface area contributed by atoms with Gasteiger partial charge in [0.2, 0.25) is 0 Å². The van der Waals surface area contributed by atoms with Crippen LogP contribution in [0.1, 0.15) is 5.56 Å². The summed E-state index contributed by atoms with van der Waals surface area (Å²) >= 11 is 5.32. The summed E-state index contributed by atoms with van der Waals surface area (Å²) in [6.45, 7) is 0. The molecule has 3 aromatic rings. The molecule has 0 bridgehead atoms. The van der Waals surface area contributed by atoms with Gasteiger partial charge in [-0.1, -0.05) is 12.1 Å². The third-order valence-electron chi connectivity index (χ3n) is 3.20. The van der Waals surface area contributed by atoms with Crippen LogP contribution in [0.4, 0.5) is 0 Å². The molecule has 1 heterocycles. The van der Waals surface area contributed by atoms with Crippen molar-refractivity contribution in [2.24, 2.45) is 0 Å². The number of carboxylic acid groups (broad SMARTS) is 1. The van der Waals surface area contributed by atoms with Crippen molar-refractivity contribution in [1.29, 1.82) is 0 Å². The van der Waals surface area contributed by atoms with E-state index in [1.165, 1.54) is 0 Å². The molecule has 0 saturated carbocycles. The minimum atomic E-state index is -1.03. The zero-order valence-corrected chi connectivity index (χ0v) is 18.0. The topological polar surface area (TPSA) is 72.6 Å². The smallest absolute Gasteiger partial charge is 0.342 e. The average molecular weight is 579 g/mol. The van der Waals surface area contributed by atoms with Crippen molar-refractivity contribution in [3.63, 3.8) is 0 Å². The van der Waals surface area contributed by atoms with Crippen LogP contribution >= 0.6 is 56.9 Å². The molecule has 0 spiro atoms. The second-order valence-corrected chi connectivity index (χ2v) is 8.20. The van der Waals surface area contributed by atoms with E-state index in [0.29, 0.717) is 16.3 Å². The van der Waals surface area contributed by atoms with Crippen LogP contribution in [0.3, 0.4) is 0 Å². The minimum absolute atomic E-state index is 0.128. The highest BCUT2D eigenvalue weighted by molar-refractivity contribution is 14.1. The molecule has 0 radical (unpaired) electrons. The first-order valence-corrected chi connectivity index (χ1v) is 9.97. The Hall–Kier alpha value is -1.27. The number of nitrogens with zero attached hydrogens (tertiary/aromatic N) is 1. The predicted molar refractivity (Wildman–Crippen MR) is 114 cm³/mol. The monoisotopic (exact) mass is 579 g/mol. The third kappa shape index (κ3) is 4.29. The zero-order valence-electron chi connectivity index (χ0n) is 12.8. The maximum absolute atomic E-state index is 11.6. The molecule has 0 fully saturated rings. The number of halogens is 2. The van der Waals surface area contributed by atoms with Crippen LogP contribution in [0, 0.1) is 7.14 Å². The highest BCUT2D eigenvalue weighted by Crippen LogP contribution is 2.33. The second kappa shape index (κ2) is 7.96. The van der Waals surface area contributed by atoms with Gasteiger partial charge in [0.15, 0.2) is 5.58 Å². The Labute approximate surface area is 175 Å². The molecule has 5 nitrogen and oxygen atoms in total. The van der Waals surface area contributed by atoms with Crippen molar-refractivity contribution in [3.8, 4) is 5.75 Å². The molecule has 3 rings (SSSR count). The molecule has 128 valence electrons. The van der Waals surface area contributed by atoms with E-state index in [0.717, 1.165) is 30.2 Å².